The number of aromatic nitrogens is 18. The highest BCUT2D eigenvalue weighted by Gasteiger charge is 2.69. The molecule has 10 aromatic heterocycles. The fourth-order valence-corrected chi connectivity index (χ4v) is 23.3. The van der Waals surface area contributed by atoms with E-state index in [1.807, 2.05) is 6.07 Å². The van der Waals surface area contributed by atoms with E-state index in [-0.39, 0.29) is 120 Å². The van der Waals surface area contributed by atoms with Crippen molar-refractivity contribution in [3.63, 3.8) is 0 Å². The number of carbonyl (C=O) groups is 2. The molecule has 8 aliphatic carbocycles. The molecule has 131 heavy (non-hydrogen) atoms. The Morgan fingerprint density at radius 3 is 1.02 bits per heavy atom. The van der Waals surface area contributed by atoms with Crippen molar-refractivity contribution in [2.45, 2.75) is 178 Å². The van der Waals surface area contributed by atoms with Crippen LogP contribution in [-0.2, 0) is 32.0 Å². The number of oxazole rings is 2. The van der Waals surface area contributed by atoms with Crippen LogP contribution in [0.5, 0.6) is 0 Å². The molecule has 22 rings (SSSR count). The van der Waals surface area contributed by atoms with Crippen LogP contribution in [0.1, 0.15) is 246 Å². The summed E-state index contributed by atoms with van der Waals surface area (Å²) in [6.07, 6.45) is 22.1. The van der Waals surface area contributed by atoms with Gasteiger partial charge in [0.1, 0.15) is 86.4 Å². The van der Waals surface area contributed by atoms with Crippen molar-refractivity contribution in [3.8, 4) is 68.2 Å². The van der Waals surface area contributed by atoms with Gasteiger partial charge in [-0.25, -0.2) is 74.6 Å². The van der Waals surface area contributed by atoms with Gasteiger partial charge in [-0.3, -0.25) is 19.9 Å². The maximum Gasteiger partial charge on any atom is 0.360 e. The first-order valence-electron chi connectivity index (χ1n) is 42.8. The third-order valence-electron chi connectivity index (χ3n) is 29.4. The Balaban J connectivity index is 0.000000114. The molecule has 0 amide bonds. The molecular formula is C97H83BrF8N18O7. The van der Waals surface area contributed by atoms with Gasteiger partial charge in [0.15, 0.2) is 11.4 Å². The standard InChI is InChI=1S/C27H23F2N5O3.C27H25F2N5O2.C22H18F2N4O2.C21H17BrF2N4/c1-4-36-25(35)20-13-37-24(32-20)19-11-30-12-21(31-19)27-9-8-15(26(27,2)3)14-10-18(33-34-23(14)27)22-16(28)6-5-7-17(22)29;1-25(2)15-8-9-27(25,20-12-30-11-19(31-20)24-32-21(13-36-24)26(3,4)35)23-14(15)10-18(33-34-23)22-16(28)6-5-7-17(22)29;1-21(2)12-6-7-22(21,17-10-25-9-16(26-17)20(29)30)19-11(12)8-15(27-28-19)18-13(23)4-3-5-14(18)24;1-20(2)12-6-7-21(20,16-9-25-10-17(22)26-16)19-11(12)8-15(27-28-19)18-13(23)4-3-5-14(18)24/h5-7,10-13,15H,4,8-9H2,1-3H3;5-7,10-13,15,35H,8-9H2,1-4H3;3-5,8-10,12H,6-7H2,1-2H3,(H,29,30);3-5,8-10,12H,6-7H2,1-2H3/t2*15-,27-;12-,22-;12-,21-/m0000/s1. The van der Waals surface area contributed by atoms with Gasteiger partial charge in [-0.05, 0) is 228 Å². The molecule has 0 aliphatic heterocycles. The van der Waals surface area contributed by atoms with Crippen molar-refractivity contribution in [1.29, 1.82) is 0 Å². The summed E-state index contributed by atoms with van der Waals surface area (Å²) >= 11 is 3.42. The molecule has 4 aromatic carbocycles. The summed E-state index contributed by atoms with van der Waals surface area (Å²) in [4.78, 5) is 68.2. The number of fused-ring (bicyclic) bond motifs is 20. The van der Waals surface area contributed by atoms with E-state index in [2.05, 4.69) is 147 Å². The monoisotopic (exact) mass is 1840 g/mol. The topological polar surface area (TPSA) is 342 Å². The Bertz CT molecular complexity index is 6950. The number of aromatic carboxylic acids is 1. The number of hydrogen-bond donors (Lipinski definition) is 2. The van der Waals surface area contributed by atoms with Gasteiger partial charge < -0.3 is 23.8 Å². The number of carbonyl (C=O) groups excluding carboxylic acids is 1. The van der Waals surface area contributed by atoms with E-state index in [4.69, 9.17) is 28.5 Å². The number of benzene rings is 4. The average Bonchev–Trinajstić information content (AvgIpc) is 1.53. The minimum atomic E-state index is -1.15. The van der Waals surface area contributed by atoms with Gasteiger partial charge in [-0.1, -0.05) is 79.7 Å². The Hall–Kier alpha value is -13.2. The zero-order valence-corrected chi connectivity index (χ0v) is 74.2. The number of esters is 1. The Labute approximate surface area is 753 Å². The molecule has 8 atom stereocenters. The van der Waals surface area contributed by atoms with E-state index < -0.39 is 85.7 Å². The van der Waals surface area contributed by atoms with Crippen molar-refractivity contribution < 1.29 is 68.5 Å². The lowest BCUT2D eigenvalue weighted by Crippen LogP contribution is -2.38. The quantitative estimate of drug-likeness (QED) is 0.0754. The highest BCUT2D eigenvalue weighted by atomic mass is 79.9. The Morgan fingerprint density at radius 2 is 0.710 bits per heavy atom. The number of ether oxygens (including phenoxy) is 1. The third kappa shape index (κ3) is 13.2. The van der Waals surface area contributed by atoms with Crippen LogP contribution in [0, 0.1) is 68.2 Å². The van der Waals surface area contributed by atoms with Crippen molar-refractivity contribution in [3.05, 3.63) is 295 Å². The van der Waals surface area contributed by atoms with Crippen LogP contribution in [0.25, 0.3) is 68.2 Å². The van der Waals surface area contributed by atoms with Gasteiger partial charge in [0.05, 0.1) is 144 Å². The number of nitrogens with zero attached hydrogens (tertiary/aromatic N) is 18. The molecule has 666 valence electrons. The molecule has 2 N–H and O–H groups in total. The summed E-state index contributed by atoms with van der Waals surface area (Å²) in [5.41, 5.74) is 6.16. The number of carboxylic acids is 1. The van der Waals surface area contributed by atoms with Crippen molar-refractivity contribution in [2.24, 2.45) is 21.7 Å². The Kier molecular flexibility index (Phi) is 21.0. The van der Waals surface area contributed by atoms with Gasteiger partial charge in [-0.15, -0.1) is 20.4 Å². The third-order valence-corrected chi connectivity index (χ3v) is 29.8. The van der Waals surface area contributed by atoms with Crippen molar-refractivity contribution in [1.82, 2.24) is 90.6 Å². The van der Waals surface area contributed by atoms with Crippen LogP contribution in [-0.4, -0.2) is 119 Å². The summed E-state index contributed by atoms with van der Waals surface area (Å²) < 4.78 is 132. The second-order valence-electron chi connectivity index (χ2n) is 37.1. The zero-order chi connectivity index (χ0) is 92.3. The molecule has 0 unspecified atom stereocenters. The predicted molar refractivity (Wildman–Crippen MR) is 461 cm³/mol. The van der Waals surface area contributed by atoms with E-state index >= 15 is 0 Å². The van der Waals surface area contributed by atoms with Crippen molar-refractivity contribution in [2.75, 3.05) is 6.61 Å². The van der Waals surface area contributed by atoms with Crippen LogP contribution >= 0.6 is 15.9 Å². The second-order valence-corrected chi connectivity index (χ2v) is 38.0. The SMILES string of the molecule is CC(C)(O)c1coc(-c2cncc([C@@]34CC[C@@H](c5cc(-c6c(F)cccc6F)nnc53)C4(C)C)n2)n1.CC1(C)[C@H]2CC[C@]1(c1cncc(Br)n1)c1nnc(-c3c(F)cccc3F)cc12.CC1(C)[C@H]2CC[C@]1(c1cncc(C(=O)O)n1)c1nnc(-c3c(F)cccc3F)cc12.CCOC(=O)c1coc(-c2cncc([C@@]34CC[C@@H](c5cc(-c6c(F)cccc6F)nnc53)C4(C)C)n2)n1. The van der Waals surface area contributed by atoms with Gasteiger partial charge in [0.25, 0.3) is 0 Å². The van der Waals surface area contributed by atoms with Crippen molar-refractivity contribution >= 4 is 27.9 Å². The molecule has 14 aromatic rings. The molecular weight excluding hydrogens is 1760 g/mol. The molecule has 4 saturated carbocycles. The Morgan fingerprint density at radius 1 is 0.405 bits per heavy atom. The fraction of sp³-hybridized carbons (Fsp3) is 0.340. The molecule has 4 fully saturated rings. The maximum absolute atomic E-state index is 14.5. The average molecular weight is 1840 g/mol. The van der Waals surface area contributed by atoms with Gasteiger partial charge in [0, 0.05) is 24.8 Å². The molecule has 8 aliphatic rings. The summed E-state index contributed by atoms with van der Waals surface area (Å²) in [5.74, 6) is -6.18. The first-order chi connectivity index (χ1) is 62.4. The van der Waals surface area contributed by atoms with E-state index in [9.17, 15) is 54.9 Å². The van der Waals surface area contributed by atoms with E-state index in [0.29, 0.717) is 44.5 Å². The fourth-order valence-electron chi connectivity index (χ4n) is 23.0. The summed E-state index contributed by atoms with van der Waals surface area (Å²) in [6.45, 7) is 22.4. The first-order valence-corrected chi connectivity index (χ1v) is 43.5. The van der Waals surface area contributed by atoms with E-state index in [1.165, 1.54) is 97.7 Å². The zero-order valence-electron chi connectivity index (χ0n) is 72.6. The lowest BCUT2D eigenvalue weighted by Gasteiger charge is -2.37. The minimum Gasteiger partial charge on any atom is -0.476 e. The van der Waals surface area contributed by atoms with Gasteiger partial charge in [-0.2, -0.15) is 20.4 Å². The van der Waals surface area contributed by atoms with Crippen LogP contribution in [0.15, 0.2) is 173 Å². The predicted octanol–water partition coefficient (Wildman–Crippen LogP) is 19.8. The molecule has 0 saturated heterocycles. The summed E-state index contributed by atoms with van der Waals surface area (Å²) in [5, 5.41) is 54.6. The number of rotatable bonds is 14. The normalized spacial score (nSPS) is 22.6. The summed E-state index contributed by atoms with van der Waals surface area (Å²) in [7, 11) is 0. The van der Waals surface area contributed by atoms with Crippen LogP contribution < -0.4 is 0 Å². The number of carboxylic acid groups (broad SMARTS) is 1. The molecule has 10 heterocycles. The molecule has 34 heteroatoms. The molecule has 25 nitrogen and oxygen atoms in total. The molecule has 0 radical (unpaired) electrons. The van der Waals surface area contributed by atoms with E-state index in [1.54, 1.807) is 76.2 Å². The van der Waals surface area contributed by atoms with Crippen LogP contribution in [0.2, 0.25) is 0 Å². The minimum absolute atomic E-state index is 0.0495. The summed E-state index contributed by atoms with van der Waals surface area (Å²) in [6, 6.07) is 22.1. The first kappa shape index (κ1) is 87.1. The second kappa shape index (κ2) is 31.5. The smallest absolute Gasteiger partial charge is 0.360 e. The number of hydrogen-bond acceptors (Lipinski definition) is 24. The highest BCUT2D eigenvalue weighted by molar-refractivity contribution is 9.10. The van der Waals surface area contributed by atoms with Gasteiger partial charge >= 0.3 is 11.9 Å². The molecule has 0 spiro atoms. The maximum atomic E-state index is 14.5. The van der Waals surface area contributed by atoms with Crippen LogP contribution in [0.3, 0.4) is 0 Å². The number of halogens is 9. The van der Waals surface area contributed by atoms with Crippen LogP contribution in [0.4, 0.5) is 35.1 Å². The lowest BCUT2D eigenvalue weighted by atomic mass is 9.66. The lowest BCUT2D eigenvalue weighted by molar-refractivity contribution is 0.0518. The van der Waals surface area contributed by atoms with E-state index in [0.717, 1.165) is 96.4 Å². The molecule has 8 bridgehead atoms. The number of aliphatic hydroxyl groups is 1. The largest absolute Gasteiger partial charge is 0.476 e. The van der Waals surface area contributed by atoms with Gasteiger partial charge in [0.2, 0.25) is 11.8 Å². The highest BCUT2D eigenvalue weighted by Crippen LogP contribution is 2.74.